The van der Waals surface area contributed by atoms with E-state index in [0.717, 1.165) is 13.1 Å². The molecule has 60 heavy (non-hydrogen) atoms. The first-order valence-electron chi connectivity index (χ1n) is 21.0. The van der Waals surface area contributed by atoms with Crippen LogP contribution in [-0.2, 0) is 14.3 Å². The quantitative estimate of drug-likeness (QED) is 0.122. The van der Waals surface area contributed by atoms with Gasteiger partial charge in [-0.15, -0.1) is 0 Å². The minimum Gasteiger partial charge on any atom is -0.507 e. The number of carbonyl (C=O) groups is 2. The molecule has 1 aliphatic carbocycles. The molecule has 4 heterocycles. The summed E-state index contributed by atoms with van der Waals surface area (Å²) in [5.41, 5.74) is -0.233. The lowest BCUT2D eigenvalue weighted by Crippen LogP contribution is -2.47. The average molecular weight is 835 g/mol. The molecule has 7 N–H and O–H groups in total. The molecule has 8 unspecified atom stereocenters. The monoisotopic (exact) mass is 834 g/mol. The highest BCUT2D eigenvalue weighted by atomic mass is 16.7. The van der Waals surface area contributed by atoms with Gasteiger partial charge in [-0.3, -0.25) is 19.5 Å². The highest BCUT2D eigenvalue weighted by molar-refractivity contribution is 6.23. The first-order chi connectivity index (χ1) is 28.4. The van der Waals surface area contributed by atoms with Gasteiger partial charge in [0.05, 0.1) is 59.1 Å². The number of piperazine rings is 1. The van der Waals surface area contributed by atoms with Crippen LogP contribution in [0.15, 0.2) is 41.2 Å². The van der Waals surface area contributed by atoms with Crippen LogP contribution in [0.5, 0.6) is 23.0 Å². The minimum absolute atomic E-state index is 0.0742. The number of benzene rings is 2. The molecule has 0 spiro atoms. The molecule has 5 bridgehead atoms. The molecule has 15 heteroatoms. The third kappa shape index (κ3) is 8.47. The Kier molecular flexibility index (Phi) is 13.6. The fourth-order valence-corrected chi connectivity index (χ4v) is 9.08. The Morgan fingerprint density at radius 3 is 2.15 bits per heavy atom. The number of ether oxygens (including phenoxy) is 3. The molecule has 328 valence electrons. The van der Waals surface area contributed by atoms with E-state index in [1.54, 1.807) is 46.8 Å². The topological polar surface area (TPSA) is 214 Å². The van der Waals surface area contributed by atoms with E-state index in [2.05, 4.69) is 15.3 Å². The number of hydrogen-bond acceptors (Lipinski definition) is 14. The molecule has 1 saturated carbocycles. The van der Waals surface area contributed by atoms with Gasteiger partial charge in [0.2, 0.25) is 0 Å². The molecular formula is C45H62N4O11. The zero-order valence-electron chi connectivity index (χ0n) is 35.9. The lowest BCUT2D eigenvalue weighted by molar-refractivity contribution is -0.112. The molecule has 2 aromatic rings. The fourth-order valence-electron chi connectivity index (χ4n) is 9.08. The maximum Gasteiger partial charge on any atom is 0.312 e. The summed E-state index contributed by atoms with van der Waals surface area (Å²) in [5.74, 6) is -7.52. The van der Waals surface area contributed by atoms with Gasteiger partial charge in [0.15, 0.2) is 5.75 Å². The van der Waals surface area contributed by atoms with Gasteiger partial charge in [-0.1, -0.05) is 58.8 Å². The summed E-state index contributed by atoms with van der Waals surface area (Å²) in [7, 11) is 1.45. The molecule has 1 amide bonds. The van der Waals surface area contributed by atoms with E-state index in [1.807, 2.05) is 5.01 Å². The normalized spacial score (nSPS) is 31.6. The Labute approximate surface area is 351 Å². The van der Waals surface area contributed by atoms with E-state index in [1.165, 1.54) is 71.3 Å². The summed E-state index contributed by atoms with van der Waals surface area (Å²) in [6.45, 7) is 14.1. The number of rotatable bonds is 4. The number of aromatic hydroxyl groups is 3. The van der Waals surface area contributed by atoms with E-state index >= 15 is 0 Å². The number of ketones is 1. The highest BCUT2D eigenvalue weighted by Crippen LogP contribution is 2.55. The lowest BCUT2D eigenvalue weighted by Gasteiger charge is -2.36. The maximum atomic E-state index is 14.4. The van der Waals surface area contributed by atoms with E-state index in [4.69, 9.17) is 14.2 Å². The van der Waals surface area contributed by atoms with Gasteiger partial charge in [-0.25, -0.2) is 0 Å². The average Bonchev–Trinajstić information content (AvgIpc) is 3.87. The number of methoxy groups -OCH3 is 1. The molecule has 9 atom stereocenters. The van der Waals surface area contributed by atoms with E-state index < -0.39 is 82.8 Å². The largest absolute Gasteiger partial charge is 0.507 e. The third-order valence-electron chi connectivity index (χ3n) is 13.3. The van der Waals surface area contributed by atoms with Crippen LogP contribution < -0.4 is 10.1 Å². The molecule has 0 aromatic heterocycles. The molecular weight excluding hydrogens is 773 g/mol. The van der Waals surface area contributed by atoms with Crippen LogP contribution in [0, 0.1) is 30.6 Å². The van der Waals surface area contributed by atoms with Crippen LogP contribution in [0.1, 0.15) is 88.7 Å². The van der Waals surface area contributed by atoms with Gasteiger partial charge >= 0.3 is 5.79 Å². The van der Waals surface area contributed by atoms with Gasteiger partial charge in [0.1, 0.15) is 17.2 Å². The predicted octanol–water partition coefficient (Wildman–Crippen LogP) is 5.08. The van der Waals surface area contributed by atoms with Gasteiger partial charge in [-0.2, -0.15) is 5.10 Å². The number of amides is 1. The molecule has 2 fully saturated rings. The van der Waals surface area contributed by atoms with Crippen molar-refractivity contribution in [3.8, 4) is 23.0 Å². The molecule has 15 nitrogen and oxygen atoms in total. The van der Waals surface area contributed by atoms with Crippen molar-refractivity contribution in [1.82, 2.24) is 9.91 Å². The van der Waals surface area contributed by atoms with Crippen LogP contribution in [0.2, 0.25) is 0 Å². The summed E-state index contributed by atoms with van der Waals surface area (Å²) >= 11 is 0. The highest BCUT2D eigenvalue weighted by Gasteiger charge is 2.50. The molecule has 2 aromatic carbocycles. The summed E-state index contributed by atoms with van der Waals surface area (Å²) in [5, 5.41) is 78.4. The SMILES string of the molecule is COC1C=CO[C@@]2(C)Oc3c(C)c(O)c4c(O)c(c(C=NN5CCN(C6CCCC6)CC5)c(O)c4c3C2=O)NC(=O)C(C)=CC=CC(C)C(O)C(C)C(O)C(C)C(O)C1C. The van der Waals surface area contributed by atoms with Crippen molar-refractivity contribution in [3.63, 3.8) is 0 Å². The van der Waals surface area contributed by atoms with Crippen molar-refractivity contribution in [2.24, 2.45) is 28.8 Å². The standard InChI is InChI=1S/C45H62N4O11/c1-23-12-11-13-24(2)44(57)47-35-30(22-46-49-19-17-48(18-20-49)29-14-9-10-15-29)40(54)32-33(41(35)55)39(53)28(6)42-34(32)43(56)45(7,60-42)59-21-16-31(58-8)25(3)37(51)27(5)38(52)26(4)36(23)50/h11-13,16,21-23,25-27,29,31,36-38,50-55H,9-10,14-15,17-20H2,1-8H3,(H,47,57)/t23?,25?,26?,27?,31?,36?,37?,38?,45-/m0/s1. The second-order valence-corrected chi connectivity index (χ2v) is 17.2. The second kappa shape index (κ2) is 18.1. The number of carbonyl (C=O) groups excluding carboxylic acids is 2. The number of nitrogens with one attached hydrogen (secondary N) is 1. The molecule has 4 aliphatic heterocycles. The third-order valence-corrected chi connectivity index (χ3v) is 13.3. The summed E-state index contributed by atoms with van der Waals surface area (Å²) in [6.07, 6.45) is 9.71. The summed E-state index contributed by atoms with van der Waals surface area (Å²) < 4.78 is 17.8. The number of fused-ring (bicyclic) bond motifs is 14. The number of nitrogens with zero attached hydrogens (tertiary/aromatic N) is 3. The van der Waals surface area contributed by atoms with Crippen molar-refractivity contribution >= 4 is 34.4 Å². The first kappa shape index (κ1) is 44.9. The molecule has 5 aliphatic rings. The Balaban J connectivity index is 1.46. The van der Waals surface area contributed by atoms with E-state index in [0.29, 0.717) is 19.1 Å². The Morgan fingerprint density at radius 2 is 1.50 bits per heavy atom. The Hall–Kier alpha value is -4.67. The number of phenolic OH excluding ortho intramolecular Hbond substituents is 3. The van der Waals surface area contributed by atoms with Crippen LogP contribution in [0.25, 0.3) is 10.8 Å². The van der Waals surface area contributed by atoms with Crippen molar-refractivity contribution in [3.05, 3.63) is 52.8 Å². The number of hydrazone groups is 1. The Bertz CT molecular complexity index is 2070. The van der Waals surface area contributed by atoms with Crippen molar-refractivity contribution in [2.45, 2.75) is 110 Å². The zero-order chi connectivity index (χ0) is 43.8. The lowest BCUT2D eigenvalue weighted by atomic mass is 9.78. The number of Topliss-reactive ketones (excluding diaryl/α,β-unsaturated/α-hetero) is 1. The Morgan fingerprint density at radius 1 is 0.867 bits per heavy atom. The zero-order valence-corrected chi connectivity index (χ0v) is 35.9. The maximum absolute atomic E-state index is 14.4. The van der Waals surface area contributed by atoms with Gasteiger partial charge in [0, 0.05) is 86.4 Å². The van der Waals surface area contributed by atoms with E-state index in [9.17, 15) is 40.2 Å². The van der Waals surface area contributed by atoms with Gasteiger partial charge in [-0.05, 0) is 32.8 Å². The fraction of sp³-hybridized carbons (Fsp3) is 0.578. The van der Waals surface area contributed by atoms with Crippen molar-refractivity contribution < 1.29 is 54.4 Å². The van der Waals surface area contributed by atoms with Crippen LogP contribution in [0.3, 0.4) is 0 Å². The van der Waals surface area contributed by atoms with Crippen LogP contribution >= 0.6 is 0 Å². The van der Waals surface area contributed by atoms with Gasteiger partial charge < -0.3 is 50.2 Å². The van der Waals surface area contributed by atoms with Crippen LogP contribution in [0.4, 0.5) is 5.69 Å². The number of aliphatic hydroxyl groups excluding tert-OH is 3. The molecule has 1 saturated heterocycles. The molecule has 7 rings (SSSR count). The summed E-state index contributed by atoms with van der Waals surface area (Å²) in [6, 6.07) is 0.561. The van der Waals surface area contributed by atoms with Crippen molar-refractivity contribution in [2.75, 3.05) is 38.6 Å². The number of phenols is 3. The van der Waals surface area contributed by atoms with E-state index in [-0.39, 0.29) is 44.5 Å². The number of allylic oxidation sites excluding steroid dienone is 2. The van der Waals surface area contributed by atoms with Gasteiger partial charge in [0.25, 0.3) is 11.7 Å². The minimum atomic E-state index is -2.01. The number of anilines is 1. The smallest absolute Gasteiger partial charge is 0.312 e. The first-order valence-corrected chi connectivity index (χ1v) is 21.0. The van der Waals surface area contributed by atoms with Crippen molar-refractivity contribution in [1.29, 1.82) is 0 Å². The number of hydrogen-bond donors (Lipinski definition) is 7. The van der Waals surface area contributed by atoms with Crippen LogP contribution in [-0.4, -0.2) is 128 Å². The summed E-state index contributed by atoms with van der Waals surface area (Å²) in [4.78, 5) is 30.7. The number of aliphatic hydroxyl groups is 3. The second-order valence-electron chi connectivity index (χ2n) is 17.2. The molecule has 0 radical (unpaired) electrons. The predicted molar refractivity (Wildman–Crippen MR) is 227 cm³/mol.